The molecule has 0 N–H and O–H groups in total. The van der Waals surface area contributed by atoms with Gasteiger partial charge in [-0.3, -0.25) is 0 Å². The van der Waals surface area contributed by atoms with E-state index < -0.39 is 0 Å². The highest BCUT2D eigenvalue weighted by molar-refractivity contribution is 5.84. The van der Waals surface area contributed by atoms with Crippen molar-refractivity contribution in [2.24, 2.45) is 0 Å². The number of carbonyl (C=O) groups excluding carboxylic acids is 1. The Bertz CT molecular complexity index is 57.2. The van der Waals surface area contributed by atoms with Crippen LogP contribution in [0.5, 0.6) is 0 Å². The fourth-order valence-corrected chi connectivity index (χ4v) is 0.348. The molecular weight excluding hydrogens is 88.1 g/mol. The molecule has 0 aliphatic carbocycles. The van der Waals surface area contributed by atoms with Crippen LogP contribution >= 0.6 is 0 Å². The summed E-state index contributed by atoms with van der Waals surface area (Å²) in [4.78, 5) is 10.1. The number of ketones is 1. The van der Waals surface area contributed by atoms with E-state index in [4.69, 9.17) is 0 Å². The third-order valence-corrected chi connectivity index (χ3v) is 0.720. The highest BCUT2D eigenvalue weighted by Crippen LogP contribution is 1.91. The summed E-state index contributed by atoms with van der Waals surface area (Å²) in [6, 6.07) is 0. The number of Topliss-reactive ketones (excluding diaryl/α,β-unsaturated/α-hetero) is 1. The van der Waals surface area contributed by atoms with Gasteiger partial charge in [-0.15, -0.1) is 0 Å². The predicted octanol–water partition coefficient (Wildman–Crippen LogP) is 1.58. The van der Waals surface area contributed by atoms with Crippen molar-refractivity contribution in [1.29, 1.82) is 0 Å². The summed E-state index contributed by atoms with van der Waals surface area (Å²) < 4.78 is 0. The van der Waals surface area contributed by atoms with Crippen LogP contribution in [0.4, 0.5) is 0 Å². The second-order valence-corrected chi connectivity index (χ2v) is 1.60. The number of hydrogen-bond donors (Lipinski definition) is 0. The lowest BCUT2D eigenvalue weighted by Gasteiger charge is -1.75. The first-order chi connectivity index (χ1) is 3.27. The van der Waals surface area contributed by atoms with Gasteiger partial charge in [0.1, 0.15) is 6.42 Å². The second-order valence-electron chi connectivity index (χ2n) is 1.60. The molecule has 40 valence electrons. The van der Waals surface area contributed by atoms with Gasteiger partial charge in [-0.05, 0) is 6.42 Å². The van der Waals surface area contributed by atoms with E-state index in [1.807, 2.05) is 0 Å². The van der Waals surface area contributed by atoms with Crippen LogP contribution in [-0.2, 0) is 4.79 Å². The van der Waals surface area contributed by atoms with Gasteiger partial charge >= 0.3 is 5.78 Å². The maximum Gasteiger partial charge on any atom is 0.302 e. The first-order valence-corrected chi connectivity index (χ1v) is 2.61. The summed E-state index contributed by atoms with van der Waals surface area (Å²) in [6.07, 6.45) is 3.70. The molecule has 0 spiro atoms. The molecule has 0 aliphatic heterocycles. The van der Waals surface area contributed by atoms with Crippen LogP contribution in [0.15, 0.2) is 0 Å². The average molecular weight is 99.2 g/mol. The molecule has 0 fully saturated rings. The molecule has 1 heteroatoms. The van der Waals surface area contributed by atoms with Crippen molar-refractivity contribution >= 4 is 5.78 Å². The van der Waals surface area contributed by atoms with Gasteiger partial charge in [0.25, 0.3) is 0 Å². The predicted molar refractivity (Wildman–Crippen MR) is 29.9 cm³/mol. The third kappa shape index (κ3) is 5.54. The molecule has 0 atom stereocenters. The van der Waals surface area contributed by atoms with Crippen molar-refractivity contribution < 1.29 is 4.79 Å². The largest absolute Gasteiger partial charge is 0.302 e. The fraction of sp³-hybridized carbons (Fsp3) is 0.667. The lowest BCUT2D eigenvalue weighted by Crippen LogP contribution is -1.88. The molecule has 0 aromatic heterocycles. The van der Waals surface area contributed by atoms with E-state index in [-0.39, 0.29) is 5.78 Å². The number of rotatable bonds is 3. The van der Waals surface area contributed by atoms with Gasteiger partial charge in [-0.2, -0.15) is 0 Å². The zero-order valence-electron chi connectivity index (χ0n) is 4.90. The van der Waals surface area contributed by atoms with E-state index in [9.17, 15) is 4.79 Å². The molecule has 0 aromatic carbocycles. The van der Waals surface area contributed by atoms with Crippen LogP contribution < -0.4 is 0 Å². The van der Waals surface area contributed by atoms with Gasteiger partial charge in [0, 0.05) is 6.92 Å². The molecule has 0 radical (unpaired) electrons. The number of unbranched alkanes of at least 4 members (excludes halogenated alkanes) is 1. The molecule has 0 saturated carbocycles. The standard InChI is InChI=1S/C6H11O/c1-3-4-5-6(2)7/h5H,3-4H2,1-2H3/q+1. The van der Waals surface area contributed by atoms with Crippen LogP contribution in [0.2, 0.25) is 0 Å². The Morgan fingerprint density at radius 2 is 2.29 bits per heavy atom. The normalized spacial score (nSPS) is 8.29. The van der Waals surface area contributed by atoms with Gasteiger partial charge < -0.3 is 0 Å². The minimum absolute atomic E-state index is 0.182. The van der Waals surface area contributed by atoms with Gasteiger partial charge in [0.15, 0.2) is 0 Å². The highest BCUT2D eigenvalue weighted by atomic mass is 16.1. The first kappa shape index (κ1) is 6.54. The van der Waals surface area contributed by atoms with Gasteiger partial charge in [-0.1, -0.05) is 6.92 Å². The van der Waals surface area contributed by atoms with Crippen LogP contribution in [0.3, 0.4) is 0 Å². The summed E-state index contributed by atoms with van der Waals surface area (Å²) in [5.74, 6) is 0.182. The van der Waals surface area contributed by atoms with Crippen molar-refractivity contribution in [3.8, 4) is 0 Å². The fourth-order valence-electron chi connectivity index (χ4n) is 0.348. The smallest absolute Gasteiger partial charge is 0.244 e. The van der Waals surface area contributed by atoms with E-state index in [2.05, 4.69) is 6.92 Å². The summed E-state index contributed by atoms with van der Waals surface area (Å²) in [7, 11) is 0. The number of carbonyl (C=O) groups is 1. The Morgan fingerprint density at radius 1 is 1.71 bits per heavy atom. The lowest BCUT2D eigenvalue weighted by atomic mass is 10.2. The topological polar surface area (TPSA) is 17.1 Å². The summed E-state index contributed by atoms with van der Waals surface area (Å²) in [5, 5.41) is 0. The third-order valence-electron chi connectivity index (χ3n) is 0.720. The first-order valence-electron chi connectivity index (χ1n) is 2.61. The molecule has 0 rings (SSSR count). The molecule has 0 unspecified atom stereocenters. The van der Waals surface area contributed by atoms with Crippen LogP contribution in [0, 0.1) is 6.42 Å². The summed E-state index contributed by atoms with van der Waals surface area (Å²) in [6.45, 7) is 3.63. The monoisotopic (exact) mass is 99.1 g/mol. The van der Waals surface area contributed by atoms with Crippen molar-refractivity contribution in [2.75, 3.05) is 0 Å². The zero-order chi connectivity index (χ0) is 5.70. The molecule has 0 saturated heterocycles. The quantitative estimate of drug-likeness (QED) is 0.491. The van der Waals surface area contributed by atoms with E-state index in [0.717, 1.165) is 12.8 Å². The molecule has 0 heterocycles. The van der Waals surface area contributed by atoms with Crippen LogP contribution in [0.25, 0.3) is 0 Å². The molecule has 7 heavy (non-hydrogen) atoms. The van der Waals surface area contributed by atoms with E-state index in [1.54, 1.807) is 13.3 Å². The maximum absolute atomic E-state index is 10.1. The Kier molecular flexibility index (Phi) is 3.48. The maximum atomic E-state index is 10.1. The Morgan fingerprint density at radius 3 is 2.43 bits per heavy atom. The molecule has 0 aliphatic rings. The zero-order valence-corrected chi connectivity index (χ0v) is 4.90. The molecule has 0 amide bonds. The van der Waals surface area contributed by atoms with E-state index in [1.165, 1.54) is 0 Å². The van der Waals surface area contributed by atoms with Crippen molar-refractivity contribution in [2.45, 2.75) is 26.7 Å². The average Bonchev–Trinajstić information content (AvgIpc) is 1.61. The van der Waals surface area contributed by atoms with Gasteiger partial charge in [-0.25, -0.2) is 4.79 Å². The van der Waals surface area contributed by atoms with E-state index >= 15 is 0 Å². The summed E-state index contributed by atoms with van der Waals surface area (Å²) in [5.41, 5.74) is 0. The Balaban J connectivity index is 2.82. The van der Waals surface area contributed by atoms with Crippen LogP contribution in [-0.4, -0.2) is 5.78 Å². The minimum Gasteiger partial charge on any atom is -0.244 e. The summed E-state index contributed by atoms with van der Waals surface area (Å²) >= 11 is 0. The van der Waals surface area contributed by atoms with Gasteiger partial charge in [0.2, 0.25) is 0 Å². The number of hydrogen-bond acceptors (Lipinski definition) is 1. The Hall–Kier alpha value is -0.460. The van der Waals surface area contributed by atoms with Crippen molar-refractivity contribution in [1.82, 2.24) is 0 Å². The molecular formula is C6H11O+. The Labute approximate surface area is 44.7 Å². The minimum atomic E-state index is 0.182. The molecule has 1 nitrogen and oxygen atoms in total. The molecule has 0 bridgehead atoms. The second kappa shape index (κ2) is 3.72. The van der Waals surface area contributed by atoms with Crippen molar-refractivity contribution in [3.05, 3.63) is 6.42 Å². The van der Waals surface area contributed by atoms with Crippen molar-refractivity contribution in [3.63, 3.8) is 0 Å². The lowest BCUT2D eigenvalue weighted by molar-refractivity contribution is -0.114. The van der Waals surface area contributed by atoms with Crippen LogP contribution in [0.1, 0.15) is 26.7 Å². The van der Waals surface area contributed by atoms with E-state index in [0.29, 0.717) is 0 Å². The molecule has 0 aromatic rings. The highest BCUT2D eigenvalue weighted by Gasteiger charge is 2.00. The van der Waals surface area contributed by atoms with Gasteiger partial charge in [0.05, 0.1) is 6.42 Å². The SMILES string of the molecule is CCC[CH+]C(C)=O.